The molecule has 9 heteroatoms. The van der Waals surface area contributed by atoms with E-state index in [9.17, 15) is 4.79 Å². The maximum Gasteiger partial charge on any atom is 0.230 e. The number of morpholine rings is 1. The van der Waals surface area contributed by atoms with Crippen molar-refractivity contribution >= 4 is 17.7 Å². The number of nitrogens with zero attached hydrogens (tertiary/aromatic N) is 4. The normalized spacial score (nSPS) is 15.2. The van der Waals surface area contributed by atoms with E-state index in [0.717, 1.165) is 35.9 Å². The summed E-state index contributed by atoms with van der Waals surface area (Å²) in [7, 11) is 1.66. The number of rotatable bonds is 9. The molecule has 0 spiro atoms. The molecule has 1 atom stereocenters. The van der Waals surface area contributed by atoms with Crippen LogP contribution in [-0.2, 0) is 9.53 Å². The number of carbonyl (C=O) groups is 1. The molecule has 1 saturated heterocycles. The molecule has 0 aliphatic carbocycles. The summed E-state index contributed by atoms with van der Waals surface area (Å²) in [6, 6.07) is 18.0. The molecule has 33 heavy (non-hydrogen) atoms. The van der Waals surface area contributed by atoms with Crippen LogP contribution in [0.15, 0.2) is 59.8 Å². The molecule has 3 aromatic rings. The fourth-order valence-electron chi connectivity index (χ4n) is 3.88. The number of aryl methyl sites for hydroxylation is 1. The van der Waals surface area contributed by atoms with Crippen LogP contribution < -0.4 is 10.1 Å². The minimum atomic E-state index is -0.0352. The number of aromatic nitrogens is 3. The molecule has 1 aliphatic rings. The topological polar surface area (TPSA) is 81.5 Å². The van der Waals surface area contributed by atoms with Gasteiger partial charge in [-0.1, -0.05) is 42.1 Å². The molecule has 0 bridgehead atoms. The minimum absolute atomic E-state index is 0.0352. The Morgan fingerprint density at radius 3 is 2.55 bits per heavy atom. The summed E-state index contributed by atoms with van der Waals surface area (Å²) < 4.78 is 12.8. The third-order valence-electron chi connectivity index (χ3n) is 5.62. The molecule has 4 rings (SSSR count). The second-order valence-corrected chi connectivity index (χ2v) is 8.67. The average molecular weight is 468 g/mol. The zero-order valence-corrected chi connectivity index (χ0v) is 19.8. The lowest BCUT2D eigenvalue weighted by molar-refractivity contribution is -0.118. The van der Waals surface area contributed by atoms with Crippen molar-refractivity contribution < 1.29 is 14.3 Å². The number of hydrogen-bond donors (Lipinski definition) is 1. The number of nitrogens with one attached hydrogen (secondary N) is 1. The minimum Gasteiger partial charge on any atom is -0.497 e. The van der Waals surface area contributed by atoms with E-state index >= 15 is 0 Å². The van der Waals surface area contributed by atoms with E-state index in [1.807, 2.05) is 54.0 Å². The first kappa shape index (κ1) is 23.3. The molecule has 1 amide bonds. The Morgan fingerprint density at radius 2 is 1.85 bits per heavy atom. The predicted molar refractivity (Wildman–Crippen MR) is 128 cm³/mol. The standard InChI is InChI=1S/C24H29N5O3S/c1-18-26-27-24(29(18)20-6-4-3-5-7-20)33-17-23(30)25-16-22(28-12-14-32-15-13-28)19-8-10-21(31-2)11-9-19/h3-11,22H,12-17H2,1-2H3,(H,25,30)/t22-/m1/s1. The Bertz CT molecular complexity index is 1040. The van der Waals surface area contributed by atoms with Crippen molar-refractivity contribution in [2.45, 2.75) is 18.1 Å². The van der Waals surface area contributed by atoms with Crippen molar-refractivity contribution in [2.24, 2.45) is 0 Å². The third-order valence-corrected chi connectivity index (χ3v) is 6.55. The highest BCUT2D eigenvalue weighted by molar-refractivity contribution is 7.99. The van der Waals surface area contributed by atoms with Crippen molar-refractivity contribution in [1.82, 2.24) is 25.0 Å². The summed E-state index contributed by atoms with van der Waals surface area (Å²) in [6.45, 7) is 5.50. The third kappa shape index (κ3) is 5.93. The van der Waals surface area contributed by atoms with Gasteiger partial charge in [-0.2, -0.15) is 0 Å². The van der Waals surface area contributed by atoms with Crippen LogP contribution in [0.3, 0.4) is 0 Å². The van der Waals surface area contributed by atoms with Gasteiger partial charge in [0.15, 0.2) is 5.16 Å². The Hall–Kier alpha value is -2.88. The number of benzene rings is 2. The number of methoxy groups -OCH3 is 1. The number of para-hydroxylation sites is 1. The highest BCUT2D eigenvalue weighted by atomic mass is 32.2. The zero-order valence-electron chi connectivity index (χ0n) is 18.9. The van der Waals surface area contributed by atoms with Crippen LogP contribution in [0.25, 0.3) is 5.69 Å². The van der Waals surface area contributed by atoms with Crippen LogP contribution >= 0.6 is 11.8 Å². The first-order valence-electron chi connectivity index (χ1n) is 11.0. The number of hydrogen-bond acceptors (Lipinski definition) is 7. The molecule has 8 nitrogen and oxygen atoms in total. The zero-order chi connectivity index (χ0) is 23.0. The second kappa shape index (κ2) is 11.3. The van der Waals surface area contributed by atoms with E-state index in [1.54, 1.807) is 7.11 Å². The predicted octanol–water partition coefficient (Wildman–Crippen LogP) is 2.87. The Labute approximate surface area is 198 Å². The van der Waals surface area contributed by atoms with Gasteiger partial charge in [-0.15, -0.1) is 10.2 Å². The molecular formula is C24H29N5O3S. The maximum absolute atomic E-state index is 12.7. The van der Waals surface area contributed by atoms with Crippen LogP contribution in [0, 0.1) is 6.92 Å². The van der Waals surface area contributed by atoms with Crippen LogP contribution in [0.1, 0.15) is 17.4 Å². The van der Waals surface area contributed by atoms with Gasteiger partial charge in [0.1, 0.15) is 11.6 Å². The number of amides is 1. The van der Waals surface area contributed by atoms with Gasteiger partial charge in [-0.05, 0) is 36.8 Å². The van der Waals surface area contributed by atoms with Crippen LogP contribution in [0.4, 0.5) is 0 Å². The van der Waals surface area contributed by atoms with E-state index in [2.05, 4.69) is 32.5 Å². The monoisotopic (exact) mass is 467 g/mol. The first-order valence-corrected chi connectivity index (χ1v) is 12.0. The molecule has 1 aromatic heterocycles. The summed E-state index contributed by atoms with van der Waals surface area (Å²) in [6.07, 6.45) is 0. The van der Waals surface area contributed by atoms with E-state index in [0.29, 0.717) is 24.9 Å². The van der Waals surface area contributed by atoms with Gasteiger partial charge < -0.3 is 14.8 Å². The number of ether oxygens (including phenoxy) is 2. The summed E-state index contributed by atoms with van der Waals surface area (Å²) in [5.41, 5.74) is 2.12. The van der Waals surface area contributed by atoms with Gasteiger partial charge in [-0.25, -0.2) is 0 Å². The van der Waals surface area contributed by atoms with Crippen molar-refractivity contribution in [2.75, 3.05) is 45.7 Å². The van der Waals surface area contributed by atoms with Gasteiger partial charge in [0, 0.05) is 25.3 Å². The molecule has 1 aliphatic heterocycles. The quantitative estimate of drug-likeness (QED) is 0.485. The molecule has 1 fully saturated rings. The molecule has 2 heterocycles. The number of carbonyl (C=O) groups excluding carboxylic acids is 1. The number of thioether (sulfide) groups is 1. The fourth-order valence-corrected chi connectivity index (χ4v) is 4.70. The Balaban J connectivity index is 1.39. The van der Waals surface area contributed by atoms with Crippen LogP contribution in [0.5, 0.6) is 5.75 Å². The molecule has 174 valence electrons. The lowest BCUT2D eigenvalue weighted by atomic mass is 10.0. The van der Waals surface area contributed by atoms with E-state index in [4.69, 9.17) is 9.47 Å². The van der Waals surface area contributed by atoms with E-state index in [-0.39, 0.29) is 17.7 Å². The molecule has 1 N–H and O–H groups in total. The van der Waals surface area contributed by atoms with Gasteiger partial charge in [0.25, 0.3) is 0 Å². The van der Waals surface area contributed by atoms with Gasteiger partial charge >= 0.3 is 0 Å². The lowest BCUT2D eigenvalue weighted by Gasteiger charge is -2.35. The van der Waals surface area contributed by atoms with Gasteiger partial charge in [0.05, 0.1) is 32.1 Å². The van der Waals surface area contributed by atoms with Gasteiger partial charge in [0.2, 0.25) is 5.91 Å². The molecular weight excluding hydrogens is 438 g/mol. The largest absolute Gasteiger partial charge is 0.497 e. The Kier molecular flexibility index (Phi) is 7.98. The fraction of sp³-hybridized carbons (Fsp3) is 0.375. The summed E-state index contributed by atoms with van der Waals surface area (Å²) in [5, 5.41) is 12.3. The second-order valence-electron chi connectivity index (χ2n) is 7.73. The summed E-state index contributed by atoms with van der Waals surface area (Å²) >= 11 is 1.39. The molecule has 0 saturated carbocycles. The van der Waals surface area contributed by atoms with Crippen LogP contribution in [0.2, 0.25) is 0 Å². The molecule has 0 unspecified atom stereocenters. The van der Waals surface area contributed by atoms with Crippen molar-refractivity contribution in [3.63, 3.8) is 0 Å². The summed E-state index contributed by atoms with van der Waals surface area (Å²) in [4.78, 5) is 15.1. The smallest absolute Gasteiger partial charge is 0.230 e. The van der Waals surface area contributed by atoms with E-state index in [1.165, 1.54) is 11.8 Å². The average Bonchev–Trinajstić information content (AvgIpc) is 3.24. The Morgan fingerprint density at radius 1 is 1.12 bits per heavy atom. The SMILES string of the molecule is COc1ccc([C@@H](CNC(=O)CSc2nnc(C)n2-c2ccccc2)N2CCOCC2)cc1. The lowest BCUT2D eigenvalue weighted by Crippen LogP contribution is -2.44. The highest BCUT2D eigenvalue weighted by Crippen LogP contribution is 2.24. The molecule has 2 aromatic carbocycles. The highest BCUT2D eigenvalue weighted by Gasteiger charge is 2.23. The summed E-state index contributed by atoms with van der Waals surface area (Å²) in [5.74, 6) is 1.84. The first-order chi connectivity index (χ1) is 16.2. The maximum atomic E-state index is 12.7. The molecule has 0 radical (unpaired) electrons. The van der Waals surface area contributed by atoms with Crippen LogP contribution in [-0.4, -0.2) is 71.3 Å². The van der Waals surface area contributed by atoms with Gasteiger partial charge in [-0.3, -0.25) is 14.3 Å². The van der Waals surface area contributed by atoms with Crippen molar-refractivity contribution in [3.05, 3.63) is 66.0 Å². The van der Waals surface area contributed by atoms with Crippen molar-refractivity contribution in [1.29, 1.82) is 0 Å². The van der Waals surface area contributed by atoms with Crippen molar-refractivity contribution in [3.8, 4) is 11.4 Å². The van der Waals surface area contributed by atoms with E-state index < -0.39 is 0 Å².